The normalized spacial score (nSPS) is 15.7. The molecule has 1 aliphatic rings. The Kier molecular flexibility index (Phi) is 4.46. The topological polar surface area (TPSA) is 102 Å². The molecule has 1 heterocycles. The molecule has 138 valence electrons. The number of nitrogens with two attached hydrogens (primary N) is 1. The summed E-state index contributed by atoms with van der Waals surface area (Å²) in [7, 11) is 0. The molecule has 0 aromatic heterocycles. The van der Waals surface area contributed by atoms with Crippen molar-refractivity contribution in [3.63, 3.8) is 0 Å². The molecule has 6 nitrogen and oxygen atoms in total. The summed E-state index contributed by atoms with van der Waals surface area (Å²) < 4.78 is 6.60. The van der Waals surface area contributed by atoms with Gasteiger partial charge in [0.05, 0.1) is 10.8 Å². The summed E-state index contributed by atoms with van der Waals surface area (Å²) in [6.07, 6.45) is 0. The molecule has 1 unspecified atom stereocenters. The van der Waals surface area contributed by atoms with Gasteiger partial charge in [0.2, 0.25) is 5.88 Å². The lowest BCUT2D eigenvalue weighted by Crippen LogP contribution is -2.21. The Morgan fingerprint density at radius 2 is 1.96 bits per heavy atom. The first-order chi connectivity index (χ1) is 13.4. The summed E-state index contributed by atoms with van der Waals surface area (Å²) in [6, 6.07) is 16.1. The van der Waals surface area contributed by atoms with Crippen LogP contribution in [0.15, 0.2) is 64.5 Å². The minimum Gasteiger partial charge on any atom is -0.440 e. The van der Waals surface area contributed by atoms with Crippen LogP contribution in [0.4, 0.5) is 5.69 Å². The van der Waals surface area contributed by atoms with E-state index >= 15 is 0 Å². The highest BCUT2D eigenvalue weighted by Gasteiger charge is 2.32. The van der Waals surface area contributed by atoms with Gasteiger partial charge in [-0.1, -0.05) is 39.7 Å². The smallest absolute Gasteiger partial charge is 0.288 e. The second kappa shape index (κ2) is 6.82. The monoisotopic (exact) mass is 455 g/mol. The Balaban J connectivity index is 1.99. The number of nitro benzene ring substituents is 1. The number of hydrogen-bond donors (Lipinski definition) is 1. The standard InChI is InChI=1S/C20H11BrClN3O3/c21-13-3-1-10-8-18-14(6-12(10)5-13)19(15(9-23)20(24)28-18)11-2-4-16(22)17(7-11)25(26)27/h1-8,19H,24H2. The van der Waals surface area contributed by atoms with Crippen molar-refractivity contribution in [2.75, 3.05) is 0 Å². The minimum absolute atomic E-state index is 0.0194. The molecule has 0 spiro atoms. The molecule has 1 aliphatic heterocycles. The summed E-state index contributed by atoms with van der Waals surface area (Å²) in [6.45, 7) is 0. The summed E-state index contributed by atoms with van der Waals surface area (Å²) in [5.41, 5.74) is 7.20. The Hall–Kier alpha value is -3.08. The van der Waals surface area contributed by atoms with Crippen LogP contribution in [0.2, 0.25) is 5.02 Å². The van der Waals surface area contributed by atoms with Gasteiger partial charge in [0.1, 0.15) is 22.4 Å². The largest absolute Gasteiger partial charge is 0.440 e. The van der Waals surface area contributed by atoms with Crippen molar-refractivity contribution in [1.82, 2.24) is 0 Å². The Morgan fingerprint density at radius 3 is 2.68 bits per heavy atom. The number of ether oxygens (including phenoxy) is 1. The highest BCUT2D eigenvalue weighted by Crippen LogP contribution is 2.45. The molecule has 3 aromatic carbocycles. The fourth-order valence-corrected chi connectivity index (χ4v) is 3.93. The predicted molar refractivity (Wildman–Crippen MR) is 109 cm³/mol. The number of allylic oxidation sites excluding steroid dienone is 1. The lowest BCUT2D eigenvalue weighted by Gasteiger charge is -2.27. The zero-order valence-electron chi connectivity index (χ0n) is 14.1. The maximum atomic E-state index is 11.3. The molecular formula is C20H11BrClN3O3. The van der Waals surface area contributed by atoms with E-state index in [1.165, 1.54) is 12.1 Å². The zero-order chi connectivity index (χ0) is 20.0. The molecule has 0 saturated carbocycles. The van der Waals surface area contributed by atoms with Gasteiger partial charge in [0.25, 0.3) is 5.69 Å². The molecule has 0 radical (unpaired) electrons. The summed E-state index contributed by atoms with van der Waals surface area (Å²) in [5, 5.41) is 22.9. The number of nitrogens with zero attached hydrogens (tertiary/aromatic N) is 2. The summed E-state index contributed by atoms with van der Waals surface area (Å²) >= 11 is 9.41. The van der Waals surface area contributed by atoms with E-state index in [0.29, 0.717) is 16.9 Å². The van der Waals surface area contributed by atoms with Gasteiger partial charge in [-0.2, -0.15) is 5.26 Å². The second-order valence-corrected chi connectivity index (χ2v) is 7.60. The number of benzene rings is 3. The molecule has 3 aromatic rings. The van der Waals surface area contributed by atoms with Crippen LogP contribution in [0.3, 0.4) is 0 Å². The molecule has 0 fully saturated rings. The fourth-order valence-electron chi connectivity index (χ4n) is 3.37. The van der Waals surface area contributed by atoms with Crippen molar-refractivity contribution in [1.29, 1.82) is 5.26 Å². The highest BCUT2D eigenvalue weighted by atomic mass is 79.9. The average molecular weight is 457 g/mol. The zero-order valence-corrected chi connectivity index (χ0v) is 16.5. The van der Waals surface area contributed by atoms with E-state index in [9.17, 15) is 15.4 Å². The van der Waals surface area contributed by atoms with Crippen LogP contribution in [0.1, 0.15) is 17.0 Å². The highest BCUT2D eigenvalue weighted by molar-refractivity contribution is 9.10. The lowest BCUT2D eigenvalue weighted by atomic mass is 9.82. The van der Waals surface area contributed by atoms with Crippen LogP contribution < -0.4 is 10.5 Å². The van der Waals surface area contributed by atoms with E-state index in [2.05, 4.69) is 22.0 Å². The van der Waals surface area contributed by atoms with Crippen LogP contribution >= 0.6 is 27.5 Å². The molecule has 2 N–H and O–H groups in total. The fraction of sp³-hybridized carbons (Fsp3) is 0.0500. The van der Waals surface area contributed by atoms with Crippen LogP contribution in [-0.2, 0) is 0 Å². The second-order valence-electron chi connectivity index (χ2n) is 6.27. The maximum Gasteiger partial charge on any atom is 0.288 e. The van der Waals surface area contributed by atoms with Crippen LogP contribution in [-0.4, -0.2) is 4.92 Å². The van der Waals surface area contributed by atoms with Gasteiger partial charge in [0, 0.05) is 16.1 Å². The van der Waals surface area contributed by atoms with Gasteiger partial charge in [-0.15, -0.1) is 0 Å². The molecular weight excluding hydrogens is 446 g/mol. The van der Waals surface area contributed by atoms with Crippen molar-refractivity contribution >= 4 is 44.0 Å². The quantitative estimate of drug-likeness (QED) is 0.412. The molecule has 1 atom stereocenters. The van der Waals surface area contributed by atoms with E-state index in [0.717, 1.165) is 15.2 Å². The maximum absolute atomic E-state index is 11.3. The van der Waals surface area contributed by atoms with E-state index < -0.39 is 10.8 Å². The summed E-state index contributed by atoms with van der Waals surface area (Å²) in [4.78, 5) is 10.8. The number of nitro groups is 1. The van der Waals surface area contributed by atoms with Gasteiger partial charge in [-0.05, 0) is 46.7 Å². The number of nitriles is 1. The summed E-state index contributed by atoms with van der Waals surface area (Å²) in [5.74, 6) is -0.115. The third kappa shape index (κ3) is 2.97. The predicted octanol–water partition coefficient (Wildman–Crippen LogP) is 5.38. The molecule has 0 aliphatic carbocycles. The average Bonchev–Trinajstić information content (AvgIpc) is 2.66. The number of rotatable bonds is 2. The van der Waals surface area contributed by atoms with Crippen molar-refractivity contribution < 1.29 is 9.66 Å². The van der Waals surface area contributed by atoms with Gasteiger partial charge in [0.15, 0.2) is 0 Å². The van der Waals surface area contributed by atoms with E-state index in [1.54, 1.807) is 6.07 Å². The molecule has 0 amide bonds. The first-order valence-electron chi connectivity index (χ1n) is 8.13. The third-order valence-electron chi connectivity index (χ3n) is 4.64. The first kappa shape index (κ1) is 18.3. The Bertz CT molecular complexity index is 1230. The van der Waals surface area contributed by atoms with E-state index in [4.69, 9.17) is 22.1 Å². The number of halogens is 2. The van der Waals surface area contributed by atoms with Crippen LogP contribution in [0.5, 0.6) is 5.75 Å². The molecule has 8 heteroatoms. The van der Waals surface area contributed by atoms with Crippen molar-refractivity contribution in [3.05, 3.63) is 90.7 Å². The minimum atomic E-state index is -0.604. The molecule has 4 rings (SSSR count). The van der Waals surface area contributed by atoms with Gasteiger partial charge < -0.3 is 10.5 Å². The Labute approximate surface area is 173 Å². The SMILES string of the molecule is N#CC1=C(N)Oc2cc3ccc(Br)cc3cc2C1c1ccc(Cl)c([N+](=O)[O-])c1. The van der Waals surface area contributed by atoms with E-state index in [-0.39, 0.29) is 22.2 Å². The molecule has 0 saturated heterocycles. The third-order valence-corrected chi connectivity index (χ3v) is 5.45. The van der Waals surface area contributed by atoms with Crippen molar-refractivity contribution in [2.45, 2.75) is 5.92 Å². The van der Waals surface area contributed by atoms with Crippen LogP contribution in [0, 0.1) is 21.4 Å². The number of hydrogen-bond acceptors (Lipinski definition) is 5. The Morgan fingerprint density at radius 1 is 1.18 bits per heavy atom. The van der Waals surface area contributed by atoms with Gasteiger partial charge >= 0.3 is 0 Å². The number of fused-ring (bicyclic) bond motifs is 2. The van der Waals surface area contributed by atoms with Crippen LogP contribution in [0.25, 0.3) is 10.8 Å². The van der Waals surface area contributed by atoms with Crippen molar-refractivity contribution in [2.24, 2.45) is 5.73 Å². The first-order valence-corrected chi connectivity index (χ1v) is 9.31. The molecule has 28 heavy (non-hydrogen) atoms. The van der Waals surface area contributed by atoms with Gasteiger partial charge in [-0.25, -0.2) is 0 Å². The van der Waals surface area contributed by atoms with Gasteiger partial charge in [-0.3, -0.25) is 10.1 Å². The lowest BCUT2D eigenvalue weighted by molar-refractivity contribution is -0.384. The van der Waals surface area contributed by atoms with Crippen molar-refractivity contribution in [3.8, 4) is 11.8 Å². The molecule has 0 bridgehead atoms. The van der Waals surface area contributed by atoms with E-state index in [1.807, 2.05) is 30.3 Å².